The molecule has 0 spiro atoms. The third kappa shape index (κ3) is 7.07. The Balaban J connectivity index is 2.59. The third-order valence-electron chi connectivity index (χ3n) is 3.71. The van der Waals surface area contributed by atoms with Gasteiger partial charge in [-0.15, -0.1) is 0 Å². The second-order valence-electron chi connectivity index (χ2n) is 6.79. The molecule has 0 aliphatic rings. The van der Waals surface area contributed by atoms with E-state index in [0.717, 1.165) is 31.7 Å². The predicted molar refractivity (Wildman–Crippen MR) is 90.4 cm³/mol. The Morgan fingerprint density at radius 2 is 1.57 bits per heavy atom. The van der Waals surface area contributed by atoms with E-state index in [1.165, 1.54) is 0 Å². The molecule has 0 radical (unpaired) electrons. The number of hydrogen-bond acceptors (Lipinski definition) is 3. The van der Waals surface area contributed by atoms with Crippen LogP contribution in [0.3, 0.4) is 0 Å². The molecule has 0 fully saturated rings. The maximum atomic E-state index is 10.5. The van der Waals surface area contributed by atoms with Crippen LogP contribution in [0.1, 0.15) is 32.4 Å². The van der Waals surface area contributed by atoms with Crippen molar-refractivity contribution in [1.82, 2.24) is 9.80 Å². The van der Waals surface area contributed by atoms with E-state index < -0.39 is 0 Å². The molecule has 0 aliphatic carbocycles. The summed E-state index contributed by atoms with van der Waals surface area (Å²) < 4.78 is 0. The van der Waals surface area contributed by atoms with Gasteiger partial charge in [-0.3, -0.25) is 0 Å². The third-order valence-corrected chi connectivity index (χ3v) is 3.71. The lowest BCUT2D eigenvalue weighted by Crippen LogP contribution is -2.38. The van der Waals surface area contributed by atoms with Gasteiger partial charge < -0.3 is 14.9 Å². The molecule has 2 unspecified atom stereocenters. The Morgan fingerprint density at radius 1 is 0.952 bits per heavy atom. The smallest absolute Gasteiger partial charge is 0.0827 e. The van der Waals surface area contributed by atoms with Crippen molar-refractivity contribution < 1.29 is 5.11 Å². The second-order valence-corrected chi connectivity index (χ2v) is 6.79. The van der Waals surface area contributed by atoms with Crippen LogP contribution in [-0.2, 0) is 0 Å². The van der Waals surface area contributed by atoms with E-state index in [4.69, 9.17) is 0 Å². The topological polar surface area (TPSA) is 26.7 Å². The number of nitrogens with zero attached hydrogens (tertiary/aromatic N) is 2. The summed E-state index contributed by atoms with van der Waals surface area (Å²) in [5, 5.41) is 10.5. The summed E-state index contributed by atoms with van der Waals surface area (Å²) in [6.45, 7) is 10.8. The Morgan fingerprint density at radius 3 is 2.10 bits per heavy atom. The van der Waals surface area contributed by atoms with Crippen molar-refractivity contribution in [2.24, 2.45) is 11.8 Å². The summed E-state index contributed by atoms with van der Waals surface area (Å²) in [5.74, 6) is 0.876. The Kier molecular flexibility index (Phi) is 7.94. The minimum atomic E-state index is -0.389. The van der Waals surface area contributed by atoms with Crippen LogP contribution in [0, 0.1) is 11.8 Å². The average Bonchev–Trinajstić information content (AvgIpc) is 2.44. The second kappa shape index (κ2) is 9.19. The molecule has 0 aromatic heterocycles. The summed E-state index contributed by atoms with van der Waals surface area (Å²) in [6.07, 6.45) is -0.389. The molecule has 0 heterocycles. The lowest BCUT2D eigenvalue weighted by Gasteiger charge is -2.30. The van der Waals surface area contributed by atoms with Gasteiger partial charge in [-0.1, -0.05) is 51.1 Å². The summed E-state index contributed by atoms with van der Waals surface area (Å²) in [7, 11) is 4.21. The first-order valence-corrected chi connectivity index (χ1v) is 8.00. The molecule has 0 saturated heterocycles. The first kappa shape index (κ1) is 18.1. The van der Waals surface area contributed by atoms with E-state index in [0.29, 0.717) is 5.92 Å². The zero-order valence-electron chi connectivity index (χ0n) is 14.3. The Labute approximate surface area is 130 Å². The van der Waals surface area contributed by atoms with Gasteiger partial charge in [0.15, 0.2) is 0 Å². The minimum Gasteiger partial charge on any atom is -0.388 e. The lowest BCUT2D eigenvalue weighted by atomic mass is 9.96. The van der Waals surface area contributed by atoms with E-state index in [1.54, 1.807) is 0 Å². The highest BCUT2D eigenvalue weighted by Gasteiger charge is 2.19. The van der Waals surface area contributed by atoms with Crippen LogP contribution in [-0.4, -0.2) is 55.2 Å². The van der Waals surface area contributed by atoms with E-state index in [-0.39, 0.29) is 12.0 Å². The summed E-state index contributed by atoms with van der Waals surface area (Å²) in [5.41, 5.74) is 1.02. The van der Waals surface area contributed by atoms with E-state index in [1.807, 2.05) is 30.3 Å². The van der Waals surface area contributed by atoms with E-state index >= 15 is 0 Å². The highest BCUT2D eigenvalue weighted by Crippen LogP contribution is 2.22. The SMILES string of the molecule is CC(C)CN(CCN(C)C)CC(C)C(O)c1ccccc1. The molecule has 0 saturated carbocycles. The number of aliphatic hydroxyl groups excluding tert-OH is 1. The van der Waals surface area contributed by atoms with Gasteiger partial charge in [-0.05, 0) is 31.5 Å². The first-order valence-electron chi connectivity index (χ1n) is 8.00. The van der Waals surface area contributed by atoms with Crippen molar-refractivity contribution in [3.8, 4) is 0 Å². The van der Waals surface area contributed by atoms with Gasteiger partial charge >= 0.3 is 0 Å². The summed E-state index contributed by atoms with van der Waals surface area (Å²) in [4.78, 5) is 4.69. The number of benzene rings is 1. The van der Waals surface area contributed by atoms with Crippen molar-refractivity contribution in [1.29, 1.82) is 0 Å². The van der Waals surface area contributed by atoms with Crippen LogP contribution < -0.4 is 0 Å². The van der Waals surface area contributed by atoms with Crippen molar-refractivity contribution in [3.05, 3.63) is 35.9 Å². The zero-order chi connectivity index (χ0) is 15.8. The van der Waals surface area contributed by atoms with Gasteiger partial charge in [0.05, 0.1) is 6.10 Å². The zero-order valence-corrected chi connectivity index (χ0v) is 14.3. The highest BCUT2D eigenvalue weighted by atomic mass is 16.3. The van der Waals surface area contributed by atoms with Gasteiger partial charge in [-0.2, -0.15) is 0 Å². The van der Waals surface area contributed by atoms with Gasteiger partial charge in [-0.25, -0.2) is 0 Å². The van der Waals surface area contributed by atoms with Crippen LogP contribution in [0.5, 0.6) is 0 Å². The summed E-state index contributed by atoms with van der Waals surface area (Å²) >= 11 is 0. The quantitative estimate of drug-likeness (QED) is 0.758. The van der Waals surface area contributed by atoms with Gasteiger partial charge in [0.1, 0.15) is 0 Å². The average molecular weight is 292 g/mol. The predicted octanol–water partition coefficient (Wildman–Crippen LogP) is 2.88. The largest absolute Gasteiger partial charge is 0.388 e. The highest BCUT2D eigenvalue weighted by molar-refractivity contribution is 5.17. The number of aliphatic hydroxyl groups is 1. The molecule has 1 aromatic rings. The Hall–Kier alpha value is -0.900. The lowest BCUT2D eigenvalue weighted by molar-refractivity contribution is 0.0820. The normalized spacial score (nSPS) is 14.9. The molecule has 0 bridgehead atoms. The fourth-order valence-corrected chi connectivity index (χ4v) is 2.60. The molecule has 2 atom stereocenters. The molecule has 1 N–H and O–H groups in total. The van der Waals surface area contributed by atoms with Crippen molar-refractivity contribution in [2.45, 2.75) is 26.9 Å². The van der Waals surface area contributed by atoms with Crippen LogP contribution in [0.15, 0.2) is 30.3 Å². The molecule has 1 aromatic carbocycles. The number of hydrogen-bond donors (Lipinski definition) is 1. The molecule has 21 heavy (non-hydrogen) atoms. The Bertz CT molecular complexity index is 378. The van der Waals surface area contributed by atoms with Gasteiger partial charge in [0, 0.05) is 26.2 Å². The molecule has 3 nitrogen and oxygen atoms in total. The molecule has 0 aliphatic heterocycles. The van der Waals surface area contributed by atoms with Crippen LogP contribution in [0.4, 0.5) is 0 Å². The van der Waals surface area contributed by atoms with E-state index in [9.17, 15) is 5.11 Å². The standard InChI is InChI=1S/C18H32N2O/c1-15(2)13-20(12-11-19(4)5)14-16(3)18(21)17-9-7-6-8-10-17/h6-10,15-16,18,21H,11-14H2,1-5H3. The van der Waals surface area contributed by atoms with Crippen molar-refractivity contribution in [3.63, 3.8) is 0 Å². The molecular weight excluding hydrogens is 260 g/mol. The van der Waals surface area contributed by atoms with E-state index in [2.05, 4.69) is 44.7 Å². The molecule has 120 valence electrons. The van der Waals surface area contributed by atoms with Gasteiger partial charge in [0.2, 0.25) is 0 Å². The fourth-order valence-electron chi connectivity index (χ4n) is 2.60. The number of likely N-dealkylation sites (N-methyl/N-ethyl adjacent to an activating group) is 1. The van der Waals surface area contributed by atoms with Crippen LogP contribution in [0.25, 0.3) is 0 Å². The summed E-state index contributed by atoms with van der Waals surface area (Å²) in [6, 6.07) is 9.98. The van der Waals surface area contributed by atoms with Crippen LogP contribution >= 0.6 is 0 Å². The van der Waals surface area contributed by atoms with Crippen molar-refractivity contribution in [2.75, 3.05) is 40.3 Å². The monoisotopic (exact) mass is 292 g/mol. The maximum absolute atomic E-state index is 10.5. The molecule has 1 rings (SSSR count). The number of rotatable bonds is 9. The molecule has 0 amide bonds. The molecular formula is C18H32N2O. The first-order chi connectivity index (χ1) is 9.90. The molecule has 3 heteroatoms. The van der Waals surface area contributed by atoms with Crippen molar-refractivity contribution >= 4 is 0 Å². The van der Waals surface area contributed by atoms with Crippen LogP contribution in [0.2, 0.25) is 0 Å². The minimum absolute atomic E-state index is 0.230. The fraction of sp³-hybridized carbons (Fsp3) is 0.667. The van der Waals surface area contributed by atoms with Gasteiger partial charge in [0.25, 0.3) is 0 Å². The maximum Gasteiger partial charge on any atom is 0.0827 e.